The molecule has 0 saturated heterocycles. The van der Waals surface area contributed by atoms with Gasteiger partial charge in [0.1, 0.15) is 15.7 Å². The van der Waals surface area contributed by atoms with E-state index in [1.807, 2.05) is 5.38 Å². The first-order valence-corrected chi connectivity index (χ1v) is 11.8. The fourth-order valence-electron chi connectivity index (χ4n) is 2.65. The number of hydrogen-bond acceptors (Lipinski definition) is 10. The predicted octanol–water partition coefficient (Wildman–Crippen LogP) is 3.82. The zero-order valence-electron chi connectivity index (χ0n) is 15.6. The monoisotopic (exact) mass is 474 g/mol. The first-order valence-electron chi connectivity index (χ1n) is 8.57. The lowest BCUT2D eigenvalue weighted by molar-refractivity contribution is -0.384. The molecule has 0 bridgehead atoms. The van der Waals surface area contributed by atoms with Gasteiger partial charge in [-0.1, -0.05) is 11.3 Å². The van der Waals surface area contributed by atoms with Gasteiger partial charge in [-0.15, -0.1) is 11.3 Å². The maximum absolute atomic E-state index is 11.4. The zero-order chi connectivity index (χ0) is 22.2. The van der Waals surface area contributed by atoms with Crippen molar-refractivity contribution >= 4 is 55.0 Å². The minimum Gasteiger partial charge on any atom is -0.382 e. The van der Waals surface area contributed by atoms with Gasteiger partial charge in [-0.3, -0.25) is 10.1 Å². The number of thiazole rings is 2. The molecule has 0 aliphatic heterocycles. The molecule has 2 aromatic carbocycles. The number of nitro groups is 1. The van der Waals surface area contributed by atoms with Crippen molar-refractivity contribution in [2.45, 2.75) is 4.90 Å². The second-order valence-electron chi connectivity index (χ2n) is 6.27. The number of hydrogen-bond donors (Lipinski definition) is 3. The first kappa shape index (κ1) is 20.9. The van der Waals surface area contributed by atoms with Gasteiger partial charge in [-0.25, -0.2) is 23.5 Å². The van der Waals surface area contributed by atoms with Crippen LogP contribution in [0.5, 0.6) is 0 Å². The maximum atomic E-state index is 11.4. The number of anilines is 3. The highest BCUT2D eigenvalue weighted by molar-refractivity contribution is 7.89. The van der Waals surface area contributed by atoms with Gasteiger partial charge in [0.05, 0.1) is 15.5 Å². The third kappa shape index (κ3) is 4.54. The largest absolute Gasteiger partial charge is 0.382 e. The number of non-ortho nitro benzene ring substituents is 1. The Morgan fingerprint density at radius 3 is 2.32 bits per heavy atom. The van der Waals surface area contributed by atoms with Crippen LogP contribution in [0.25, 0.3) is 21.1 Å². The minimum atomic E-state index is -3.76. The van der Waals surface area contributed by atoms with Crippen LogP contribution >= 0.6 is 22.7 Å². The molecule has 0 atom stereocenters. The summed E-state index contributed by atoms with van der Waals surface area (Å²) in [5, 5.41) is 22.0. The number of sulfonamides is 1. The van der Waals surface area contributed by atoms with Crippen molar-refractivity contribution < 1.29 is 13.3 Å². The summed E-state index contributed by atoms with van der Waals surface area (Å²) in [7, 11) is -3.76. The minimum absolute atomic E-state index is 0.0127. The standard InChI is InChI=1S/C18H14N6O4S3/c19-16-15(17-22-14(9-29-17)10-1-5-12(6-2-10)24(25)26)30-18(23-16)21-11-3-7-13(8-4-11)31(20,27)28/h1-9H,19H2,(H,21,23)(H2,20,27,28). The van der Waals surface area contributed by atoms with E-state index >= 15 is 0 Å². The number of nitrogens with zero attached hydrogens (tertiary/aromatic N) is 3. The summed E-state index contributed by atoms with van der Waals surface area (Å²) in [6.45, 7) is 0. The number of nitrogens with one attached hydrogen (secondary N) is 1. The van der Waals surface area contributed by atoms with Gasteiger partial charge in [0, 0.05) is 28.8 Å². The van der Waals surface area contributed by atoms with Crippen molar-refractivity contribution in [1.82, 2.24) is 9.97 Å². The van der Waals surface area contributed by atoms with Crippen molar-refractivity contribution in [1.29, 1.82) is 0 Å². The molecular formula is C18H14N6O4S3. The van der Waals surface area contributed by atoms with E-state index in [2.05, 4.69) is 15.3 Å². The summed E-state index contributed by atoms with van der Waals surface area (Å²) in [6.07, 6.45) is 0. The van der Waals surface area contributed by atoms with Gasteiger partial charge in [0.2, 0.25) is 10.0 Å². The molecule has 0 spiro atoms. The molecular weight excluding hydrogens is 460 g/mol. The molecule has 13 heteroatoms. The summed E-state index contributed by atoms with van der Waals surface area (Å²) < 4.78 is 22.7. The zero-order valence-corrected chi connectivity index (χ0v) is 18.0. The average Bonchev–Trinajstić information content (AvgIpc) is 3.34. The maximum Gasteiger partial charge on any atom is 0.269 e. The van der Waals surface area contributed by atoms with E-state index in [1.165, 1.54) is 46.9 Å². The molecule has 2 heterocycles. The number of rotatable bonds is 6. The molecule has 0 unspecified atom stereocenters. The van der Waals surface area contributed by atoms with Crippen LogP contribution in [0.2, 0.25) is 0 Å². The van der Waals surface area contributed by atoms with Crippen molar-refractivity contribution in [3.05, 3.63) is 64.0 Å². The predicted molar refractivity (Wildman–Crippen MR) is 121 cm³/mol. The summed E-state index contributed by atoms with van der Waals surface area (Å²) in [5.74, 6) is 0.304. The molecule has 2 aromatic heterocycles. The van der Waals surface area contributed by atoms with Gasteiger partial charge in [0.25, 0.3) is 5.69 Å². The van der Waals surface area contributed by atoms with Crippen molar-refractivity contribution in [2.75, 3.05) is 11.1 Å². The quantitative estimate of drug-likeness (QED) is 0.280. The van der Waals surface area contributed by atoms with Gasteiger partial charge >= 0.3 is 0 Å². The SMILES string of the molecule is Nc1nc(Nc2ccc(S(N)(=O)=O)cc2)sc1-c1nc(-c2ccc([N+](=O)[O-])cc2)cs1. The highest BCUT2D eigenvalue weighted by atomic mass is 32.2. The Morgan fingerprint density at radius 2 is 1.71 bits per heavy atom. The van der Waals surface area contributed by atoms with E-state index < -0.39 is 14.9 Å². The van der Waals surface area contributed by atoms with Gasteiger partial charge < -0.3 is 11.1 Å². The lowest BCUT2D eigenvalue weighted by Gasteiger charge is -2.03. The third-order valence-electron chi connectivity index (χ3n) is 4.16. The Hall–Kier alpha value is -3.39. The van der Waals surface area contributed by atoms with Crippen LogP contribution in [0, 0.1) is 10.1 Å². The molecule has 0 saturated carbocycles. The lowest BCUT2D eigenvalue weighted by Crippen LogP contribution is -2.11. The van der Waals surface area contributed by atoms with E-state index in [4.69, 9.17) is 10.9 Å². The Balaban J connectivity index is 1.55. The van der Waals surface area contributed by atoms with Crippen LogP contribution in [-0.4, -0.2) is 23.3 Å². The molecule has 0 aliphatic rings. The molecule has 0 fully saturated rings. The van der Waals surface area contributed by atoms with E-state index in [0.29, 0.717) is 32.2 Å². The Labute approximate surface area is 184 Å². The summed E-state index contributed by atoms with van der Waals surface area (Å²) in [6, 6.07) is 12.1. The molecule has 0 amide bonds. The van der Waals surface area contributed by atoms with Gasteiger partial charge in [0.15, 0.2) is 5.13 Å². The summed E-state index contributed by atoms with van der Waals surface area (Å²) in [5.41, 5.74) is 8.13. The van der Waals surface area contributed by atoms with Crippen molar-refractivity contribution in [3.8, 4) is 21.1 Å². The second kappa shape index (κ2) is 8.03. The van der Waals surface area contributed by atoms with Crippen molar-refractivity contribution in [2.24, 2.45) is 5.14 Å². The number of aromatic nitrogens is 2. The summed E-state index contributed by atoms with van der Waals surface area (Å²) in [4.78, 5) is 19.9. The van der Waals surface area contributed by atoms with Gasteiger partial charge in [-0.2, -0.15) is 0 Å². The number of benzene rings is 2. The molecule has 31 heavy (non-hydrogen) atoms. The molecule has 5 N–H and O–H groups in total. The lowest BCUT2D eigenvalue weighted by atomic mass is 10.1. The molecule has 10 nitrogen and oxygen atoms in total. The summed E-state index contributed by atoms with van der Waals surface area (Å²) >= 11 is 2.68. The Kier molecular flexibility index (Phi) is 5.41. The number of primary sulfonamides is 1. The Bertz CT molecular complexity index is 1360. The van der Waals surface area contributed by atoms with E-state index in [9.17, 15) is 18.5 Å². The fraction of sp³-hybridized carbons (Fsp3) is 0. The third-order valence-corrected chi connectivity index (χ3v) is 7.07. The molecule has 0 aliphatic carbocycles. The number of nitrogen functional groups attached to an aromatic ring is 1. The van der Waals surface area contributed by atoms with Gasteiger partial charge in [-0.05, 0) is 36.4 Å². The number of nitro benzene ring substituents is 1. The van der Waals surface area contributed by atoms with E-state index in [0.717, 1.165) is 5.56 Å². The first-order chi connectivity index (χ1) is 14.7. The smallest absolute Gasteiger partial charge is 0.269 e. The fourth-order valence-corrected chi connectivity index (χ4v) is 5.00. The van der Waals surface area contributed by atoms with Crippen LogP contribution in [0.4, 0.5) is 22.3 Å². The van der Waals surface area contributed by atoms with E-state index in [1.54, 1.807) is 24.3 Å². The van der Waals surface area contributed by atoms with Crippen LogP contribution in [0.15, 0.2) is 58.8 Å². The Morgan fingerprint density at radius 1 is 1.03 bits per heavy atom. The molecule has 4 rings (SSSR count). The van der Waals surface area contributed by atoms with Crippen LogP contribution in [0.3, 0.4) is 0 Å². The molecule has 0 radical (unpaired) electrons. The number of nitrogens with two attached hydrogens (primary N) is 2. The normalized spacial score (nSPS) is 11.4. The highest BCUT2D eigenvalue weighted by Gasteiger charge is 2.16. The highest BCUT2D eigenvalue weighted by Crippen LogP contribution is 2.39. The van der Waals surface area contributed by atoms with Crippen molar-refractivity contribution in [3.63, 3.8) is 0 Å². The second-order valence-corrected chi connectivity index (χ2v) is 9.69. The van der Waals surface area contributed by atoms with Crippen LogP contribution in [-0.2, 0) is 10.0 Å². The molecule has 4 aromatic rings. The topological polar surface area (TPSA) is 167 Å². The van der Waals surface area contributed by atoms with Crippen LogP contribution < -0.4 is 16.2 Å². The van der Waals surface area contributed by atoms with E-state index in [-0.39, 0.29) is 10.6 Å². The average molecular weight is 475 g/mol. The molecule has 158 valence electrons. The van der Waals surface area contributed by atoms with Crippen LogP contribution in [0.1, 0.15) is 0 Å².